The lowest BCUT2D eigenvalue weighted by molar-refractivity contribution is -0.126. The predicted octanol–water partition coefficient (Wildman–Crippen LogP) is 2.69. The Kier molecular flexibility index (Phi) is 6.15. The van der Waals surface area contributed by atoms with E-state index in [1.165, 1.54) is 0 Å². The van der Waals surface area contributed by atoms with Crippen LogP contribution in [0.4, 0.5) is 0 Å². The standard InChI is InChI=1S/C10H20NO3P/c1-3-13-15(14-4-2)11-9-7-5-6-8-10(11)12/h3-9H2,1-2H3. The molecule has 1 aliphatic rings. The zero-order valence-electron chi connectivity index (χ0n) is 9.57. The maximum absolute atomic E-state index is 11.8. The minimum absolute atomic E-state index is 0.181. The molecular formula is C10H20NO3P. The average molecular weight is 233 g/mol. The fourth-order valence-corrected chi connectivity index (χ4v) is 2.92. The van der Waals surface area contributed by atoms with Crippen LogP contribution in [0.5, 0.6) is 0 Å². The molecule has 0 spiro atoms. The van der Waals surface area contributed by atoms with Gasteiger partial charge in [0.25, 0.3) is 8.53 Å². The van der Waals surface area contributed by atoms with E-state index in [0.717, 1.165) is 25.8 Å². The first-order valence-electron chi connectivity index (χ1n) is 5.65. The van der Waals surface area contributed by atoms with Crippen LogP contribution in [-0.2, 0) is 13.8 Å². The summed E-state index contributed by atoms with van der Waals surface area (Å²) >= 11 is 0. The molecule has 0 radical (unpaired) electrons. The first-order chi connectivity index (χ1) is 7.29. The van der Waals surface area contributed by atoms with Gasteiger partial charge >= 0.3 is 0 Å². The minimum Gasteiger partial charge on any atom is -0.318 e. The number of nitrogens with zero attached hydrogens (tertiary/aromatic N) is 1. The van der Waals surface area contributed by atoms with Crippen LogP contribution >= 0.6 is 8.53 Å². The minimum atomic E-state index is -1.15. The van der Waals surface area contributed by atoms with Crippen LogP contribution in [0.25, 0.3) is 0 Å². The third-order valence-electron chi connectivity index (χ3n) is 2.22. The van der Waals surface area contributed by atoms with Crippen molar-refractivity contribution in [1.29, 1.82) is 0 Å². The molecule has 0 aromatic rings. The molecule has 1 rings (SSSR count). The Morgan fingerprint density at radius 3 is 2.47 bits per heavy atom. The highest BCUT2D eigenvalue weighted by atomic mass is 31.2. The third kappa shape index (κ3) is 4.06. The summed E-state index contributed by atoms with van der Waals surface area (Å²) in [4.78, 5) is 11.8. The first-order valence-corrected chi connectivity index (χ1v) is 6.78. The Morgan fingerprint density at radius 2 is 1.87 bits per heavy atom. The van der Waals surface area contributed by atoms with E-state index in [-0.39, 0.29) is 5.91 Å². The van der Waals surface area contributed by atoms with Gasteiger partial charge in [0, 0.05) is 13.0 Å². The van der Waals surface area contributed by atoms with Gasteiger partial charge in [-0.15, -0.1) is 0 Å². The Balaban J connectivity index is 2.57. The Bertz CT molecular complexity index is 195. The largest absolute Gasteiger partial charge is 0.318 e. The van der Waals surface area contributed by atoms with Gasteiger partial charge in [0.2, 0.25) is 5.91 Å². The van der Waals surface area contributed by atoms with Crippen LogP contribution in [0.1, 0.15) is 39.5 Å². The topological polar surface area (TPSA) is 38.8 Å². The summed E-state index contributed by atoms with van der Waals surface area (Å²) < 4.78 is 12.8. The molecule has 0 unspecified atom stereocenters. The van der Waals surface area contributed by atoms with E-state index in [4.69, 9.17) is 9.05 Å². The van der Waals surface area contributed by atoms with Crippen molar-refractivity contribution in [2.45, 2.75) is 39.5 Å². The molecule has 1 heterocycles. The summed E-state index contributed by atoms with van der Waals surface area (Å²) in [7, 11) is -1.15. The molecule has 1 fully saturated rings. The van der Waals surface area contributed by atoms with E-state index in [0.29, 0.717) is 19.6 Å². The SMILES string of the molecule is CCOP(OCC)N1CCCCCC1=O. The van der Waals surface area contributed by atoms with Crippen molar-refractivity contribution < 1.29 is 13.8 Å². The number of hydrogen-bond donors (Lipinski definition) is 0. The lowest BCUT2D eigenvalue weighted by atomic mass is 10.2. The van der Waals surface area contributed by atoms with Gasteiger partial charge in [0.05, 0.1) is 13.2 Å². The highest BCUT2D eigenvalue weighted by Crippen LogP contribution is 2.44. The molecule has 5 heteroatoms. The van der Waals surface area contributed by atoms with Crippen molar-refractivity contribution in [2.24, 2.45) is 0 Å². The predicted molar refractivity (Wildman–Crippen MR) is 60.4 cm³/mol. The Hall–Kier alpha value is -0.180. The average Bonchev–Trinajstić information content (AvgIpc) is 2.43. The van der Waals surface area contributed by atoms with Crippen LogP contribution in [0, 0.1) is 0 Å². The molecule has 88 valence electrons. The molecule has 0 bridgehead atoms. The monoisotopic (exact) mass is 233 g/mol. The molecule has 4 nitrogen and oxygen atoms in total. The van der Waals surface area contributed by atoms with Crippen molar-refractivity contribution >= 4 is 14.4 Å². The van der Waals surface area contributed by atoms with E-state index < -0.39 is 8.53 Å². The van der Waals surface area contributed by atoms with Crippen molar-refractivity contribution in [3.8, 4) is 0 Å². The lowest BCUT2D eigenvalue weighted by Gasteiger charge is -2.27. The van der Waals surface area contributed by atoms with E-state index in [1.807, 2.05) is 13.8 Å². The van der Waals surface area contributed by atoms with Gasteiger partial charge in [-0.25, -0.2) is 0 Å². The second-order valence-corrected chi connectivity index (χ2v) is 4.88. The summed E-state index contributed by atoms with van der Waals surface area (Å²) in [5.74, 6) is 0.181. The van der Waals surface area contributed by atoms with Crippen molar-refractivity contribution in [1.82, 2.24) is 4.67 Å². The quantitative estimate of drug-likeness (QED) is 0.685. The summed E-state index contributed by atoms with van der Waals surface area (Å²) in [6.07, 6.45) is 3.82. The molecule has 15 heavy (non-hydrogen) atoms. The van der Waals surface area contributed by atoms with Crippen molar-refractivity contribution in [3.63, 3.8) is 0 Å². The molecule has 0 aliphatic carbocycles. The molecule has 0 N–H and O–H groups in total. The number of hydrogen-bond acceptors (Lipinski definition) is 3. The van der Waals surface area contributed by atoms with Crippen LogP contribution in [-0.4, -0.2) is 30.3 Å². The van der Waals surface area contributed by atoms with Crippen LogP contribution < -0.4 is 0 Å². The normalized spacial score (nSPS) is 18.3. The molecule has 1 saturated heterocycles. The zero-order chi connectivity index (χ0) is 11.1. The van der Waals surface area contributed by atoms with Crippen LogP contribution in [0.2, 0.25) is 0 Å². The Morgan fingerprint density at radius 1 is 1.20 bits per heavy atom. The van der Waals surface area contributed by atoms with E-state index in [9.17, 15) is 4.79 Å². The van der Waals surface area contributed by atoms with Crippen LogP contribution in [0.3, 0.4) is 0 Å². The van der Waals surface area contributed by atoms with E-state index in [2.05, 4.69) is 0 Å². The summed E-state index contributed by atoms with van der Waals surface area (Å²) in [5.41, 5.74) is 0. The lowest BCUT2D eigenvalue weighted by Crippen LogP contribution is -2.26. The summed E-state index contributed by atoms with van der Waals surface area (Å²) in [6, 6.07) is 0. The van der Waals surface area contributed by atoms with Gasteiger partial charge in [-0.3, -0.25) is 9.46 Å². The highest BCUT2D eigenvalue weighted by molar-refractivity contribution is 7.45. The second-order valence-electron chi connectivity index (χ2n) is 3.40. The molecule has 1 aliphatic heterocycles. The number of carbonyl (C=O) groups excluding carboxylic acids is 1. The number of rotatable bonds is 5. The molecule has 0 atom stereocenters. The Labute approximate surface area is 92.9 Å². The fourth-order valence-electron chi connectivity index (χ4n) is 1.54. The highest BCUT2D eigenvalue weighted by Gasteiger charge is 2.27. The van der Waals surface area contributed by atoms with Crippen LogP contribution in [0.15, 0.2) is 0 Å². The zero-order valence-corrected chi connectivity index (χ0v) is 10.5. The molecular weight excluding hydrogens is 213 g/mol. The van der Waals surface area contributed by atoms with Gasteiger partial charge in [0.1, 0.15) is 0 Å². The summed E-state index contributed by atoms with van der Waals surface area (Å²) in [5, 5.41) is 0. The molecule has 0 saturated carbocycles. The third-order valence-corrected chi connectivity index (χ3v) is 4.00. The fraction of sp³-hybridized carbons (Fsp3) is 0.900. The van der Waals surface area contributed by atoms with Crippen molar-refractivity contribution in [3.05, 3.63) is 0 Å². The smallest absolute Gasteiger partial charge is 0.292 e. The van der Waals surface area contributed by atoms with Gasteiger partial charge in [0.15, 0.2) is 0 Å². The van der Waals surface area contributed by atoms with E-state index in [1.54, 1.807) is 4.67 Å². The number of amides is 1. The molecule has 0 aromatic heterocycles. The van der Waals surface area contributed by atoms with Crippen molar-refractivity contribution in [2.75, 3.05) is 19.8 Å². The summed E-state index contributed by atoms with van der Waals surface area (Å²) in [6.45, 7) is 5.82. The first kappa shape index (κ1) is 12.9. The van der Waals surface area contributed by atoms with Gasteiger partial charge in [-0.2, -0.15) is 0 Å². The maximum atomic E-state index is 11.8. The molecule has 1 amide bonds. The van der Waals surface area contributed by atoms with Gasteiger partial charge < -0.3 is 9.05 Å². The van der Waals surface area contributed by atoms with E-state index >= 15 is 0 Å². The second kappa shape index (κ2) is 7.15. The van der Waals surface area contributed by atoms with Gasteiger partial charge in [-0.1, -0.05) is 6.42 Å². The van der Waals surface area contributed by atoms with Gasteiger partial charge in [-0.05, 0) is 26.7 Å². The molecule has 0 aromatic carbocycles. The number of carbonyl (C=O) groups is 1. The maximum Gasteiger partial charge on any atom is 0.292 e.